The van der Waals surface area contributed by atoms with Gasteiger partial charge >= 0.3 is 0 Å². The molecule has 0 amide bonds. The molecule has 0 aromatic rings. The Balaban J connectivity index is 1.93. The molecule has 2 aliphatic heterocycles. The number of piperidine rings is 1. The number of hydrogen-bond donors (Lipinski definition) is 1. The minimum atomic E-state index is 0.693. The lowest BCUT2D eigenvalue weighted by atomic mass is 9.90. The predicted octanol–water partition coefficient (Wildman–Crippen LogP) is 1.43. The summed E-state index contributed by atoms with van der Waals surface area (Å²) in [5.74, 6) is 0.693. The van der Waals surface area contributed by atoms with Gasteiger partial charge in [-0.25, -0.2) is 0 Å². The van der Waals surface area contributed by atoms with Gasteiger partial charge in [-0.1, -0.05) is 0 Å². The summed E-state index contributed by atoms with van der Waals surface area (Å²) < 4.78 is 0. The molecule has 2 saturated heterocycles. The largest absolute Gasteiger partial charge is 0.311 e. The molecule has 1 N–H and O–H groups in total. The van der Waals surface area contributed by atoms with Crippen molar-refractivity contribution in [2.45, 2.75) is 44.2 Å². The molecule has 60 valence electrons. The fraction of sp³-hybridized carbons (Fsp3) is 0.889. The molecular weight excluding hydrogens is 136 g/mol. The van der Waals surface area contributed by atoms with Gasteiger partial charge in [0.2, 0.25) is 0 Å². The number of hydrogen-bond acceptors (Lipinski definition) is 2. The third-order valence-electron chi connectivity index (χ3n) is 2.95. The normalized spacial score (nSPS) is 41.9. The first-order valence-corrected chi connectivity index (χ1v) is 4.51. The van der Waals surface area contributed by atoms with Crippen molar-refractivity contribution in [2.24, 2.45) is 5.92 Å². The van der Waals surface area contributed by atoms with Crippen molar-refractivity contribution in [3.63, 3.8) is 0 Å². The number of rotatable bonds is 1. The maximum absolute atomic E-state index is 8.54. The van der Waals surface area contributed by atoms with Crippen molar-refractivity contribution in [3.8, 4) is 6.07 Å². The quantitative estimate of drug-likeness (QED) is 0.613. The van der Waals surface area contributed by atoms with Gasteiger partial charge in [0.25, 0.3) is 0 Å². The van der Waals surface area contributed by atoms with Crippen LogP contribution >= 0.6 is 0 Å². The summed E-state index contributed by atoms with van der Waals surface area (Å²) in [6.45, 7) is 0. The Morgan fingerprint density at radius 3 is 2.45 bits per heavy atom. The third-order valence-corrected chi connectivity index (χ3v) is 2.95. The van der Waals surface area contributed by atoms with Crippen LogP contribution in [0.3, 0.4) is 0 Å². The van der Waals surface area contributed by atoms with Crippen LogP contribution in [0.2, 0.25) is 0 Å². The molecule has 2 unspecified atom stereocenters. The Hall–Kier alpha value is -0.550. The van der Waals surface area contributed by atoms with Crippen LogP contribution in [-0.4, -0.2) is 12.1 Å². The summed E-state index contributed by atoms with van der Waals surface area (Å²) >= 11 is 0. The second-order valence-electron chi connectivity index (χ2n) is 3.84. The number of fused-ring (bicyclic) bond motifs is 2. The molecule has 2 atom stereocenters. The van der Waals surface area contributed by atoms with E-state index in [2.05, 4.69) is 11.4 Å². The summed E-state index contributed by atoms with van der Waals surface area (Å²) in [7, 11) is 0. The van der Waals surface area contributed by atoms with Gasteiger partial charge in [-0.2, -0.15) is 5.26 Å². The van der Waals surface area contributed by atoms with E-state index >= 15 is 0 Å². The van der Waals surface area contributed by atoms with Crippen molar-refractivity contribution >= 4 is 0 Å². The van der Waals surface area contributed by atoms with Crippen LogP contribution in [0.5, 0.6) is 0 Å². The molecule has 2 nitrogen and oxygen atoms in total. The highest BCUT2D eigenvalue weighted by atomic mass is 15.0. The summed E-state index contributed by atoms with van der Waals surface area (Å²) in [6.07, 6.45) is 5.93. The lowest BCUT2D eigenvalue weighted by molar-refractivity contribution is 0.304. The molecule has 0 aromatic carbocycles. The molecule has 2 heterocycles. The van der Waals surface area contributed by atoms with Crippen LogP contribution in [0.1, 0.15) is 32.1 Å². The molecule has 2 rings (SSSR count). The van der Waals surface area contributed by atoms with E-state index < -0.39 is 0 Å². The van der Waals surface area contributed by atoms with Gasteiger partial charge in [-0.05, 0) is 31.6 Å². The van der Waals surface area contributed by atoms with Crippen LogP contribution in [0, 0.1) is 17.2 Å². The fourth-order valence-electron chi connectivity index (χ4n) is 2.47. The molecule has 2 heteroatoms. The summed E-state index contributed by atoms with van der Waals surface area (Å²) in [6, 6.07) is 3.76. The van der Waals surface area contributed by atoms with E-state index in [0.29, 0.717) is 5.92 Å². The molecule has 0 aliphatic carbocycles. The van der Waals surface area contributed by atoms with Crippen LogP contribution in [0.25, 0.3) is 0 Å². The van der Waals surface area contributed by atoms with Crippen molar-refractivity contribution in [2.75, 3.05) is 0 Å². The van der Waals surface area contributed by atoms with Gasteiger partial charge in [0.05, 0.1) is 6.07 Å². The van der Waals surface area contributed by atoms with Gasteiger partial charge in [0.15, 0.2) is 0 Å². The molecule has 2 bridgehead atoms. The van der Waals surface area contributed by atoms with E-state index in [-0.39, 0.29) is 0 Å². The smallest absolute Gasteiger partial charge is 0.0624 e. The van der Waals surface area contributed by atoms with E-state index in [0.717, 1.165) is 18.5 Å². The average Bonchev–Trinajstić information content (AvgIpc) is 2.32. The molecule has 0 spiro atoms. The molecular formula is C9H14N2. The minimum absolute atomic E-state index is 0.693. The first-order valence-electron chi connectivity index (χ1n) is 4.51. The number of nitriles is 1. The second-order valence-corrected chi connectivity index (χ2v) is 3.84. The van der Waals surface area contributed by atoms with Crippen LogP contribution < -0.4 is 5.32 Å². The molecule has 2 fully saturated rings. The first-order chi connectivity index (χ1) is 5.38. The van der Waals surface area contributed by atoms with Gasteiger partial charge in [0, 0.05) is 18.5 Å². The monoisotopic (exact) mass is 150 g/mol. The maximum atomic E-state index is 8.54. The van der Waals surface area contributed by atoms with Gasteiger partial charge < -0.3 is 5.32 Å². The van der Waals surface area contributed by atoms with Crippen molar-refractivity contribution in [3.05, 3.63) is 0 Å². The number of nitrogens with one attached hydrogen (secondary N) is 1. The van der Waals surface area contributed by atoms with Gasteiger partial charge in [-0.15, -0.1) is 0 Å². The topological polar surface area (TPSA) is 35.8 Å². The zero-order valence-electron chi connectivity index (χ0n) is 6.71. The Kier molecular flexibility index (Phi) is 1.83. The summed E-state index contributed by atoms with van der Waals surface area (Å²) in [4.78, 5) is 0. The van der Waals surface area contributed by atoms with E-state index in [9.17, 15) is 0 Å². The van der Waals surface area contributed by atoms with Crippen molar-refractivity contribution in [1.29, 1.82) is 5.26 Å². The maximum Gasteiger partial charge on any atom is 0.0624 e. The minimum Gasteiger partial charge on any atom is -0.311 e. The fourth-order valence-corrected chi connectivity index (χ4v) is 2.47. The number of nitrogens with zero attached hydrogens (tertiary/aromatic N) is 1. The SMILES string of the molecule is N#CCC1CC2CCC(C1)N2. The molecule has 2 aliphatic rings. The third kappa shape index (κ3) is 1.39. The van der Waals surface area contributed by atoms with Crippen molar-refractivity contribution in [1.82, 2.24) is 5.32 Å². The van der Waals surface area contributed by atoms with E-state index in [1.807, 2.05) is 0 Å². The summed E-state index contributed by atoms with van der Waals surface area (Å²) in [5, 5.41) is 12.1. The van der Waals surface area contributed by atoms with Crippen LogP contribution in [0.15, 0.2) is 0 Å². The predicted molar refractivity (Wildman–Crippen MR) is 42.9 cm³/mol. The first kappa shape index (κ1) is 7.12. The molecule has 0 aromatic heterocycles. The highest BCUT2D eigenvalue weighted by molar-refractivity contribution is 4.94. The van der Waals surface area contributed by atoms with E-state index in [1.54, 1.807) is 0 Å². The molecule has 0 saturated carbocycles. The van der Waals surface area contributed by atoms with Gasteiger partial charge in [0.1, 0.15) is 0 Å². The van der Waals surface area contributed by atoms with E-state index in [4.69, 9.17) is 5.26 Å². The summed E-state index contributed by atoms with van der Waals surface area (Å²) in [5.41, 5.74) is 0. The van der Waals surface area contributed by atoms with Crippen molar-refractivity contribution < 1.29 is 0 Å². The second kappa shape index (κ2) is 2.83. The lowest BCUT2D eigenvalue weighted by Gasteiger charge is -2.27. The standard InChI is InChI=1S/C9H14N2/c10-4-3-7-5-8-1-2-9(6-7)11-8/h7-9,11H,1-3,5-6H2. The Labute approximate surface area is 67.6 Å². The highest BCUT2D eigenvalue weighted by Crippen LogP contribution is 2.32. The van der Waals surface area contributed by atoms with Crippen LogP contribution in [0.4, 0.5) is 0 Å². The zero-order valence-corrected chi connectivity index (χ0v) is 6.71. The van der Waals surface area contributed by atoms with E-state index in [1.165, 1.54) is 25.7 Å². The Morgan fingerprint density at radius 2 is 1.91 bits per heavy atom. The van der Waals surface area contributed by atoms with Crippen LogP contribution in [-0.2, 0) is 0 Å². The molecule has 0 radical (unpaired) electrons. The Morgan fingerprint density at radius 1 is 1.27 bits per heavy atom. The van der Waals surface area contributed by atoms with Gasteiger partial charge in [-0.3, -0.25) is 0 Å². The zero-order chi connectivity index (χ0) is 7.68. The lowest BCUT2D eigenvalue weighted by Crippen LogP contribution is -2.37. The Bertz CT molecular complexity index is 170. The highest BCUT2D eigenvalue weighted by Gasteiger charge is 2.32. The average molecular weight is 150 g/mol. The molecule has 11 heavy (non-hydrogen) atoms.